The highest BCUT2D eigenvalue weighted by molar-refractivity contribution is 7.99. The van der Waals surface area contributed by atoms with E-state index in [0.717, 1.165) is 20.8 Å². The van der Waals surface area contributed by atoms with Crippen molar-refractivity contribution in [3.05, 3.63) is 86.9 Å². The van der Waals surface area contributed by atoms with Gasteiger partial charge in [0.05, 0.1) is 22.6 Å². The van der Waals surface area contributed by atoms with Crippen molar-refractivity contribution in [2.75, 3.05) is 30.3 Å². The minimum Gasteiger partial charge on any atom is -0.495 e. The lowest BCUT2D eigenvalue weighted by molar-refractivity contribution is -0.385. The number of benzene rings is 3. The molecular weight excluding hydrogens is 538 g/mol. The maximum atomic E-state index is 13.7. The highest BCUT2D eigenvalue weighted by atomic mass is 35.5. The molecule has 196 valence electrons. The summed E-state index contributed by atoms with van der Waals surface area (Å²) in [6, 6.07) is 15.9. The van der Waals surface area contributed by atoms with Crippen molar-refractivity contribution in [2.24, 2.45) is 0 Å². The van der Waals surface area contributed by atoms with Gasteiger partial charge in [-0.1, -0.05) is 35.4 Å². The Morgan fingerprint density at radius 1 is 1.11 bits per heavy atom. The molecule has 0 fully saturated rings. The second-order valence-corrected chi connectivity index (χ2v) is 11.5. The number of nitrogens with zero attached hydrogens (tertiary/aromatic N) is 2. The van der Waals surface area contributed by atoms with Crippen molar-refractivity contribution in [2.45, 2.75) is 23.6 Å². The molecule has 0 aliphatic rings. The Morgan fingerprint density at radius 3 is 2.46 bits per heavy atom. The van der Waals surface area contributed by atoms with Crippen LogP contribution in [0.15, 0.2) is 70.5 Å². The fraction of sp³-hybridized carbons (Fsp3) is 0.240. The summed E-state index contributed by atoms with van der Waals surface area (Å²) in [6.07, 6.45) is 0. The van der Waals surface area contributed by atoms with E-state index in [1.165, 1.54) is 44.4 Å². The Balaban J connectivity index is 1.87. The SMILES string of the molecule is COc1ccc(Cl)cc1N(CC(=O)NCCSc1ccc(C)cc1)S(=O)(=O)c1ccc(C)c([N+](=O)[O-])c1. The molecule has 0 saturated heterocycles. The maximum Gasteiger partial charge on any atom is 0.273 e. The number of halogens is 1. The normalized spacial score (nSPS) is 11.1. The molecule has 0 heterocycles. The van der Waals surface area contributed by atoms with Gasteiger partial charge >= 0.3 is 0 Å². The lowest BCUT2D eigenvalue weighted by Crippen LogP contribution is -2.41. The lowest BCUT2D eigenvalue weighted by Gasteiger charge is -2.26. The van der Waals surface area contributed by atoms with E-state index < -0.39 is 27.4 Å². The number of anilines is 1. The number of carbonyl (C=O) groups is 1. The van der Waals surface area contributed by atoms with Crippen LogP contribution in [-0.2, 0) is 14.8 Å². The molecule has 37 heavy (non-hydrogen) atoms. The van der Waals surface area contributed by atoms with Gasteiger partial charge in [0.15, 0.2) is 0 Å². The minimum atomic E-state index is -4.42. The highest BCUT2D eigenvalue weighted by Crippen LogP contribution is 2.35. The molecule has 9 nitrogen and oxygen atoms in total. The quantitative estimate of drug-likeness (QED) is 0.151. The van der Waals surface area contributed by atoms with Crippen LogP contribution in [0.2, 0.25) is 5.02 Å². The van der Waals surface area contributed by atoms with Gasteiger partial charge in [-0.2, -0.15) is 0 Å². The molecule has 3 aromatic rings. The van der Waals surface area contributed by atoms with Crippen molar-refractivity contribution in [3.8, 4) is 5.75 Å². The van der Waals surface area contributed by atoms with Gasteiger partial charge < -0.3 is 10.1 Å². The zero-order valence-corrected chi connectivity index (χ0v) is 22.8. The highest BCUT2D eigenvalue weighted by Gasteiger charge is 2.31. The summed E-state index contributed by atoms with van der Waals surface area (Å²) in [7, 11) is -3.07. The largest absolute Gasteiger partial charge is 0.495 e. The molecule has 0 radical (unpaired) electrons. The number of amides is 1. The summed E-state index contributed by atoms with van der Waals surface area (Å²) >= 11 is 7.69. The minimum absolute atomic E-state index is 0.0300. The second kappa shape index (κ2) is 12.3. The Kier molecular flexibility index (Phi) is 9.41. The van der Waals surface area contributed by atoms with Crippen molar-refractivity contribution >= 4 is 50.7 Å². The number of nitro groups is 1. The molecule has 3 rings (SSSR count). The zero-order valence-electron chi connectivity index (χ0n) is 20.4. The maximum absolute atomic E-state index is 13.7. The van der Waals surface area contributed by atoms with Crippen LogP contribution in [0.25, 0.3) is 0 Å². The molecule has 1 N–H and O–H groups in total. The monoisotopic (exact) mass is 563 g/mol. The van der Waals surface area contributed by atoms with Gasteiger partial charge in [0.1, 0.15) is 12.3 Å². The Morgan fingerprint density at radius 2 is 1.81 bits per heavy atom. The number of methoxy groups -OCH3 is 1. The smallest absolute Gasteiger partial charge is 0.273 e. The summed E-state index contributed by atoms with van der Waals surface area (Å²) in [5, 5.41) is 14.4. The Bertz CT molecular complexity index is 1400. The van der Waals surface area contributed by atoms with Gasteiger partial charge in [-0.05, 0) is 50.2 Å². The van der Waals surface area contributed by atoms with Crippen LogP contribution in [0.5, 0.6) is 5.75 Å². The van der Waals surface area contributed by atoms with E-state index in [1.807, 2.05) is 31.2 Å². The first-order valence-electron chi connectivity index (χ1n) is 11.1. The molecule has 3 aromatic carbocycles. The summed E-state index contributed by atoms with van der Waals surface area (Å²) < 4.78 is 33.6. The fourth-order valence-corrected chi connectivity index (χ4v) is 5.79. The van der Waals surface area contributed by atoms with Crippen LogP contribution in [-0.4, -0.2) is 45.2 Å². The molecule has 0 unspecified atom stereocenters. The second-order valence-electron chi connectivity index (χ2n) is 8.04. The number of aryl methyl sites for hydroxylation is 2. The summed E-state index contributed by atoms with van der Waals surface area (Å²) in [4.78, 5) is 24.3. The number of nitro benzene ring substituents is 1. The number of thioether (sulfide) groups is 1. The van der Waals surface area contributed by atoms with Gasteiger partial charge in [-0.25, -0.2) is 8.42 Å². The molecule has 1 amide bonds. The van der Waals surface area contributed by atoms with Gasteiger partial charge in [-0.3, -0.25) is 19.2 Å². The van der Waals surface area contributed by atoms with Crippen LogP contribution < -0.4 is 14.4 Å². The van der Waals surface area contributed by atoms with E-state index in [9.17, 15) is 23.3 Å². The van der Waals surface area contributed by atoms with Gasteiger partial charge in [-0.15, -0.1) is 11.8 Å². The zero-order chi connectivity index (χ0) is 27.2. The predicted molar refractivity (Wildman–Crippen MR) is 145 cm³/mol. The summed E-state index contributed by atoms with van der Waals surface area (Å²) in [5.41, 5.74) is 1.13. The van der Waals surface area contributed by atoms with Crippen molar-refractivity contribution in [3.63, 3.8) is 0 Å². The van der Waals surface area contributed by atoms with E-state index in [4.69, 9.17) is 16.3 Å². The molecular formula is C25H26ClN3O6S2. The molecule has 0 saturated carbocycles. The van der Waals surface area contributed by atoms with E-state index >= 15 is 0 Å². The number of ether oxygens (including phenoxy) is 1. The average Bonchev–Trinajstić information content (AvgIpc) is 2.86. The van der Waals surface area contributed by atoms with Gasteiger partial charge in [0, 0.05) is 33.8 Å². The lowest BCUT2D eigenvalue weighted by atomic mass is 10.2. The van der Waals surface area contributed by atoms with Crippen LogP contribution in [0.1, 0.15) is 11.1 Å². The van der Waals surface area contributed by atoms with E-state index in [-0.39, 0.29) is 27.0 Å². The Hall–Kier alpha value is -3.28. The number of sulfonamides is 1. The molecule has 0 aromatic heterocycles. The molecule has 0 aliphatic heterocycles. The third kappa shape index (κ3) is 7.15. The molecule has 12 heteroatoms. The van der Waals surface area contributed by atoms with Crippen molar-refractivity contribution in [1.82, 2.24) is 5.32 Å². The fourth-order valence-electron chi connectivity index (χ4n) is 3.41. The van der Waals surface area contributed by atoms with Gasteiger partial charge in [0.2, 0.25) is 5.91 Å². The number of hydrogen-bond acceptors (Lipinski definition) is 7. The first-order valence-corrected chi connectivity index (χ1v) is 13.9. The summed E-state index contributed by atoms with van der Waals surface area (Å²) in [5.74, 6) is 0.181. The van der Waals surface area contributed by atoms with Gasteiger partial charge in [0.25, 0.3) is 15.7 Å². The standard InChI is InChI=1S/C25H26ClN3O6S2/c1-17-4-8-20(9-5-17)36-13-12-27-25(30)16-28(23-14-19(26)7-11-24(23)35-3)37(33,34)21-10-6-18(2)22(15-21)29(31)32/h4-11,14-15H,12-13,16H2,1-3H3,(H,27,30). The number of hydrogen-bond donors (Lipinski definition) is 1. The van der Waals surface area contributed by atoms with Crippen LogP contribution in [0, 0.1) is 24.0 Å². The third-order valence-electron chi connectivity index (χ3n) is 5.38. The van der Waals surface area contributed by atoms with Crippen molar-refractivity contribution < 1.29 is 22.9 Å². The van der Waals surface area contributed by atoms with E-state index in [2.05, 4.69) is 5.32 Å². The van der Waals surface area contributed by atoms with Crippen LogP contribution >= 0.6 is 23.4 Å². The molecule has 0 spiro atoms. The summed E-state index contributed by atoms with van der Waals surface area (Å²) in [6.45, 7) is 3.22. The molecule has 0 aliphatic carbocycles. The topological polar surface area (TPSA) is 119 Å². The average molecular weight is 564 g/mol. The Labute approximate surface area is 225 Å². The van der Waals surface area contributed by atoms with Crippen LogP contribution in [0.3, 0.4) is 0 Å². The third-order valence-corrected chi connectivity index (χ3v) is 8.38. The first kappa shape index (κ1) is 28.3. The predicted octanol–water partition coefficient (Wildman–Crippen LogP) is 4.98. The number of carbonyl (C=O) groups excluding carboxylic acids is 1. The number of rotatable bonds is 11. The first-order chi connectivity index (χ1) is 17.5. The molecule has 0 atom stereocenters. The molecule has 0 bridgehead atoms. The van der Waals surface area contributed by atoms with E-state index in [0.29, 0.717) is 17.9 Å². The van der Waals surface area contributed by atoms with Crippen molar-refractivity contribution in [1.29, 1.82) is 0 Å². The number of nitrogens with one attached hydrogen (secondary N) is 1. The van der Waals surface area contributed by atoms with E-state index in [1.54, 1.807) is 11.8 Å². The van der Waals surface area contributed by atoms with Crippen LogP contribution in [0.4, 0.5) is 11.4 Å².